The first kappa shape index (κ1) is 17.0. The SMILES string of the molecule is OB(O)c1ccc(Cl)cc1Cl.OB(O)c1ccccc1. The molecule has 0 amide bonds. The number of hydrogen-bond donors (Lipinski definition) is 4. The van der Waals surface area contributed by atoms with Gasteiger partial charge in [-0.05, 0) is 17.6 Å². The molecular formula is C12H12B2Cl2O4. The van der Waals surface area contributed by atoms with Gasteiger partial charge < -0.3 is 20.1 Å². The van der Waals surface area contributed by atoms with Crippen molar-refractivity contribution in [1.82, 2.24) is 0 Å². The van der Waals surface area contributed by atoms with Crippen LogP contribution < -0.4 is 10.9 Å². The molecule has 0 spiro atoms. The predicted octanol–water partition coefficient (Wildman–Crippen LogP) is 0.0396. The Morgan fingerprint density at radius 2 is 1.35 bits per heavy atom. The molecule has 0 aromatic heterocycles. The van der Waals surface area contributed by atoms with Crippen LogP contribution in [0, 0.1) is 0 Å². The minimum Gasteiger partial charge on any atom is -0.423 e. The van der Waals surface area contributed by atoms with Crippen LogP contribution in [0.2, 0.25) is 10.0 Å². The summed E-state index contributed by atoms with van der Waals surface area (Å²) in [5, 5.41) is 35.3. The second kappa shape index (κ2) is 8.32. The van der Waals surface area contributed by atoms with Gasteiger partial charge in [-0.25, -0.2) is 0 Å². The quantitative estimate of drug-likeness (QED) is 0.590. The summed E-state index contributed by atoms with van der Waals surface area (Å²) in [6.07, 6.45) is 0. The fraction of sp³-hybridized carbons (Fsp3) is 0. The van der Waals surface area contributed by atoms with E-state index < -0.39 is 14.2 Å². The highest BCUT2D eigenvalue weighted by Crippen LogP contribution is 2.13. The van der Waals surface area contributed by atoms with Gasteiger partial charge in [-0.15, -0.1) is 0 Å². The molecule has 104 valence electrons. The van der Waals surface area contributed by atoms with Crippen molar-refractivity contribution in [1.29, 1.82) is 0 Å². The van der Waals surface area contributed by atoms with Gasteiger partial charge in [-0.2, -0.15) is 0 Å². The second-order valence-corrected chi connectivity index (χ2v) is 4.67. The zero-order chi connectivity index (χ0) is 15.1. The third kappa shape index (κ3) is 5.54. The van der Waals surface area contributed by atoms with E-state index in [2.05, 4.69) is 0 Å². The van der Waals surface area contributed by atoms with Crippen molar-refractivity contribution in [3.8, 4) is 0 Å². The van der Waals surface area contributed by atoms with Gasteiger partial charge in [0.2, 0.25) is 0 Å². The Morgan fingerprint density at radius 1 is 0.750 bits per heavy atom. The van der Waals surface area contributed by atoms with Crippen molar-refractivity contribution < 1.29 is 20.1 Å². The highest BCUT2D eigenvalue weighted by molar-refractivity contribution is 6.62. The Labute approximate surface area is 127 Å². The summed E-state index contributed by atoms with van der Waals surface area (Å²) in [5.41, 5.74) is 0.786. The molecule has 0 atom stereocenters. The van der Waals surface area contributed by atoms with Crippen molar-refractivity contribution in [3.63, 3.8) is 0 Å². The molecule has 0 heterocycles. The normalized spacial score (nSPS) is 9.50. The van der Waals surface area contributed by atoms with Crippen molar-refractivity contribution >= 4 is 48.4 Å². The second-order valence-electron chi connectivity index (χ2n) is 3.82. The maximum atomic E-state index is 8.72. The number of rotatable bonds is 2. The van der Waals surface area contributed by atoms with Crippen LogP contribution in [-0.2, 0) is 0 Å². The zero-order valence-corrected chi connectivity index (χ0v) is 11.8. The van der Waals surface area contributed by atoms with Gasteiger partial charge in [-0.1, -0.05) is 59.6 Å². The molecule has 4 N–H and O–H groups in total. The molecular weight excluding hydrogens is 301 g/mol. The maximum absolute atomic E-state index is 8.72. The van der Waals surface area contributed by atoms with E-state index in [1.54, 1.807) is 30.3 Å². The topological polar surface area (TPSA) is 80.9 Å². The smallest absolute Gasteiger partial charge is 0.423 e. The summed E-state index contributed by atoms with van der Waals surface area (Å²) in [7, 11) is -2.88. The molecule has 2 aromatic rings. The largest absolute Gasteiger partial charge is 0.489 e. The molecule has 0 bridgehead atoms. The van der Waals surface area contributed by atoms with E-state index in [-0.39, 0.29) is 10.5 Å². The van der Waals surface area contributed by atoms with Crippen LogP contribution in [0.4, 0.5) is 0 Å². The van der Waals surface area contributed by atoms with Crippen molar-refractivity contribution in [2.75, 3.05) is 0 Å². The molecule has 0 saturated heterocycles. The van der Waals surface area contributed by atoms with E-state index in [4.69, 9.17) is 43.3 Å². The molecule has 0 unspecified atom stereocenters. The Kier molecular flexibility index (Phi) is 7.09. The lowest BCUT2D eigenvalue weighted by Gasteiger charge is -2.01. The molecule has 0 saturated carbocycles. The van der Waals surface area contributed by atoms with Crippen molar-refractivity contribution in [2.45, 2.75) is 0 Å². The maximum Gasteiger partial charge on any atom is 0.489 e. The van der Waals surface area contributed by atoms with Gasteiger partial charge in [0, 0.05) is 15.5 Å². The lowest BCUT2D eigenvalue weighted by Crippen LogP contribution is -2.30. The fourth-order valence-corrected chi connectivity index (χ4v) is 1.84. The minimum absolute atomic E-state index is 0.257. The van der Waals surface area contributed by atoms with Crippen LogP contribution in [0.15, 0.2) is 48.5 Å². The van der Waals surface area contributed by atoms with E-state index >= 15 is 0 Å². The fourth-order valence-electron chi connectivity index (χ4n) is 1.34. The Bertz CT molecular complexity index is 538. The van der Waals surface area contributed by atoms with Crippen LogP contribution in [0.3, 0.4) is 0 Å². The Morgan fingerprint density at radius 3 is 1.75 bits per heavy atom. The summed E-state index contributed by atoms with van der Waals surface area (Å²) in [6, 6.07) is 13.1. The van der Waals surface area contributed by atoms with E-state index in [0.29, 0.717) is 10.5 Å². The molecule has 0 aliphatic carbocycles. The van der Waals surface area contributed by atoms with Crippen LogP contribution in [0.1, 0.15) is 0 Å². The van der Waals surface area contributed by atoms with Gasteiger partial charge in [0.15, 0.2) is 0 Å². The molecule has 4 nitrogen and oxygen atoms in total. The molecule has 0 fully saturated rings. The highest BCUT2D eigenvalue weighted by Gasteiger charge is 2.14. The van der Waals surface area contributed by atoms with Crippen molar-refractivity contribution in [2.24, 2.45) is 0 Å². The van der Waals surface area contributed by atoms with Gasteiger partial charge in [0.1, 0.15) is 0 Å². The minimum atomic E-state index is -1.54. The average Bonchev–Trinajstić information content (AvgIpc) is 2.40. The first-order chi connectivity index (χ1) is 9.41. The van der Waals surface area contributed by atoms with Crippen LogP contribution in [0.25, 0.3) is 0 Å². The summed E-state index contributed by atoms with van der Waals surface area (Å²) >= 11 is 11.2. The standard InChI is InChI=1S/C6H5BCl2O2.C6H7BO2/c8-4-1-2-5(7(10)11)6(9)3-4;8-7(9)6-4-2-1-3-5-6/h1-3,10-11H;1-5,8-9H. The molecule has 20 heavy (non-hydrogen) atoms. The van der Waals surface area contributed by atoms with Gasteiger partial charge in [0.25, 0.3) is 0 Å². The van der Waals surface area contributed by atoms with Crippen LogP contribution in [0.5, 0.6) is 0 Å². The zero-order valence-electron chi connectivity index (χ0n) is 10.3. The van der Waals surface area contributed by atoms with E-state index in [1.807, 2.05) is 6.07 Å². The van der Waals surface area contributed by atoms with Crippen LogP contribution >= 0.6 is 23.2 Å². The van der Waals surface area contributed by atoms with Crippen molar-refractivity contribution in [3.05, 3.63) is 58.6 Å². The monoisotopic (exact) mass is 312 g/mol. The lowest BCUT2D eigenvalue weighted by atomic mass is 9.80. The summed E-state index contributed by atoms with van der Waals surface area (Å²) < 4.78 is 0. The summed E-state index contributed by atoms with van der Waals surface area (Å²) in [4.78, 5) is 0. The third-order valence-corrected chi connectivity index (χ3v) is 2.90. The third-order valence-electron chi connectivity index (χ3n) is 2.34. The summed E-state index contributed by atoms with van der Waals surface area (Å²) in [5.74, 6) is 0. The first-order valence-electron chi connectivity index (χ1n) is 5.64. The highest BCUT2D eigenvalue weighted by atomic mass is 35.5. The van der Waals surface area contributed by atoms with E-state index in [9.17, 15) is 0 Å². The molecule has 0 radical (unpaired) electrons. The van der Waals surface area contributed by atoms with Crippen LogP contribution in [-0.4, -0.2) is 34.3 Å². The lowest BCUT2D eigenvalue weighted by molar-refractivity contribution is 0.424. The van der Waals surface area contributed by atoms with Gasteiger partial charge in [0.05, 0.1) is 0 Å². The molecule has 2 aromatic carbocycles. The molecule has 0 aliphatic rings. The first-order valence-corrected chi connectivity index (χ1v) is 6.39. The average molecular weight is 313 g/mol. The van der Waals surface area contributed by atoms with E-state index in [0.717, 1.165) is 0 Å². The van der Waals surface area contributed by atoms with Gasteiger partial charge >= 0.3 is 14.2 Å². The van der Waals surface area contributed by atoms with E-state index in [1.165, 1.54) is 12.1 Å². The number of benzene rings is 2. The Balaban J connectivity index is 0.000000204. The summed E-state index contributed by atoms with van der Waals surface area (Å²) in [6.45, 7) is 0. The molecule has 2 rings (SSSR count). The number of halogens is 2. The van der Waals surface area contributed by atoms with Gasteiger partial charge in [-0.3, -0.25) is 0 Å². The predicted molar refractivity (Wildman–Crippen MR) is 82.6 cm³/mol. The Hall–Kier alpha value is -1.01. The molecule has 0 aliphatic heterocycles. The number of hydrogen-bond acceptors (Lipinski definition) is 4. The molecule has 8 heteroatoms.